The van der Waals surface area contributed by atoms with E-state index in [4.69, 9.17) is 6.42 Å². The van der Waals surface area contributed by atoms with Gasteiger partial charge in [0.2, 0.25) is 0 Å². The molecule has 0 radical (unpaired) electrons. The second-order valence-corrected chi connectivity index (χ2v) is 8.63. The van der Waals surface area contributed by atoms with Gasteiger partial charge in [-0.05, 0) is 23.8 Å². The van der Waals surface area contributed by atoms with E-state index in [1.165, 1.54) is 15.9 Å². The fourth-order valence-corrected chi connectivity index (χ4v) is 5.20. The molecule has 0 unspecified atom stereocenters. The summed E-state index contributed by atoms with van der Waals surface area (Å²) in [5, 5.41) is 4.19. The van der Waals surface area contributed by atoms with Crippen LogP contribution in [0.15, 0.2) is 91.0 Å². The summed E-state index contributed by atoms with van der Waals surface area (Å²) in [7, 11) is -0.446. The molecule has 4 aromatic rings. The van der Waals surface area contributed by atoms with Gasteiger partial charge in [0.05, 0.1) is 11.6 Å². The van der Waals surface area contributed by atoms with Crippen molar-refractivity contribution in [2.75, 3.05) is 0 Å². The van der Waals surface area contributed by atoms with Gasteiger partial charge in [0.15, 0.2) is 17.5 Å². The third-order valence-corrected chi connectivity index (χ3v) is 6.82. The van der Waals surface area contributed by atoms with Crippen LogP contribution >= 0.6 is 7.92 Å². The first-order valence-corrected chi connectivity index (χ1v) is 10.7. The predicted octanol–water partition coefficient (Wildman–Crippen LogP) is 5.76. The molecule has 0 aliphatic rings. The molecule has 0 saturated heterocycles. The Balaban J connectivity index is 0.000000244. The van der Waals surface area contributed by atoms with E-state index in [1.807, 2.05) is 0 Å². The van der Waals surface area contributed by atoms with Gasteiger partial charge in [-0.25, -0.2) is 22.0 Å². The first-order chi connectivity index (χ1) is 15.5. The van der Waals surface area contributed by atoms with Crippen LogP contribution in [0.1, 0.15) is 5.56 Å². The summed E-state index contributed by atoms with van der Waals surface area (Å²) in [4.78, 5) is 0. The molecular weight excluding hydrogens is 635 g/mol. The number of halogens is 5. The molecule has 4 aromatic carbocycles. The van der Waals surface area contributed by atoms with Gasteiger partial charge in [0, 0.05) is 0 Å². The van der Waals surface area contributed by atoms with Crippen molar-refractivity contribution >= 4 is 23.8 Å². The zero-order valence-electron chi connectivity index (χ0n) is 16.8. The van der Waals surface area contributed by atoms with Crippen molar-refractivity contribution < 1.29 is 44.3 Å². The zero-order valence-corrected chi connectivity index (χ0v) is 19.9. The average molecular weight is 650 g/mol. The van der Waals surface area contributed by atoms with Crippen LogP contribution < -0.4 is 15.9 Å². The first-order valence-electron chi connectivity index (χ1n) is 9.35. The van der Waals surface area contributed by atoms with Crippen LogP contribution in [0.4, 0.5) is 22.0 Å². The molecule has 0 fully saturated rings. The van der Waals surface area contributed by atoms with Crippen LogP contribution in [-0.4, -0.2) is 0 Å². The van der Waals surface area contributed by atoms with Crippen molar-refractivity contribution in [1.82, 2.24) is 0 Å². The van der Waals surface area contributed by atoms with E-state index in [2.05, 4.69) is 91.0 Å². The van der Waals surface area contributed by atoms with E-state index in [9.17, 15) is 22.0 Å². The summed E-state index contributed by atoms with van der Waals surface area (Å²) in [5.41, 5.74) is -1.36. The van der Waals surface area contributed by atoms with Gasteiger partial charge in [0.25, 0.3) is 0 Å². The largest absolute Gasteiger partial charge is 1.00 e. The number of hydrogen-bond acceptors (Lipinski definition) is 0. The standard InChI is InChI=1S/C18H15P.C8F5.Au/c1-4-10-16(11-5-1)19(17-12-6-2-7-13-17)18-14-8-3-9-15-18;1-2-3-4(9)6(11)8(13)7(12)5(3)10;/h1-15H;;/q;-1;+1. The molecule has 0 N–H and O–H groups in total. The fourth-order valence-electron chi connectivity index (χ4n) is 2.89. The van der Waals surface area contributed by atoms with E-state index < -0.39 is 42.6 Å². The maximum Gasteiger partial charge on any atom is 1.00 e. The summed E-state index contributed by atoms with van der Waals surface area (Å²) < 4.78 is 61.9. The number of benzene rings is 4. The maximum absolute atomic E-state index is 12.5. The second-order valence-electron chi connectivity index (χ2n) is 6.41. The summed E-state index contributed by atoms with van der Waals surface area (Å²) >= 11 is 0. The summed E-state index contributed by atoms with van der Waals surface area (Å²) in [5.74, 6) is -9.37. The summed E-state index contributed by atoms with van der Waals surface area (Å²) in [6.45, 7) is 0. The molecule has 0 nitrogen and oxygen atoms in total. The molecule has 0 aromatic heterocycles. The van der Waals surface area contributed by atoms with E-state index in [1.54, 1.807) is 0 Å². The van der Waals surface area contributed by atoms with Crippen LogP contribution in [0.5, 0.6) is 0 Å². The normalized spacial score (nSPS) is 9.97. The van der Waals surface area contributed by atoms with Crippen LogP contribution in [0, 0.1) is 41.4 Å². The van der Waals surface area contributed by atoms with Gasteiger partial charge in [-0.3, -0.25) is 5.92 Å². The third kappa shape index (κ3) is 6.19. The van der Waals surface area contributed by atoms with Gasteiger partial charge in [-0.15, -0.1) is 0 Å². The van der Waals surface area contributed by atoms with Crippen LogP contribution in [0.3, 0.4) is 0 Å². The average Bonchev–Trinajstić information content (AvgIpc) is 2.85. The second kappa shape index (κ2) is 12.5. The molecule has 0 saturated carbocycles. The summed E-state index contributed by atoms with van der Waals surface area (Å²) in [6, 6.07) is 32.3. The molecule has 0 spiro atoms. The van der Waals surface area contributed by atoms with Crippen molar-refractivity contribution in [2.45, 2.75) is 0 Å². The van der Waals surface area contributed by atoms with Gasteiger partial charge in [0.1, 0.15) is 0 Å². The van der Waals surface area contributed by atoms with Crippen molar-refractivity contribution in [2.24, 2.45) is 0 Å². The van der Waals surface area contributed by atoms with Gasteiger partial charge in [-0.1, -0.05) is 96.6 Å². The smallest absolute Gasteiger partial charge is 0.366 e. The Morgan fingerprint density at radius 3 is 1.03 bits per heavy atom. The molecule has 0 aliphatic heterocycles. The fraction of sp³-hybridized carbons (Fsp3) is 0. The zero-order chi connectivity index (χ0) is 23.1. The first kappa shape index (κ1) is 26.5. The van der Waals surface area contributed by atoms with Gasteiger partial charge < -0.3 is 6.42 Å². The molecule has 0 amide bonds. The third-order valence-electron chi connectivity index (χ3n) is 4.38. The van der Waals surface area contributed by atoms with Crippen molar-refractivity contribution in [3.8, 4) is 5.92 Å². The minimum atomic E-state index is -2.24. The molecule has 0 bridgehead atoms. The Hall–Kier alpha value is -2.74. The summed E-state index contributed by atoms with van der Waals surface area (Å²) in [6.07, 6.45) is 6.30. The van der Waals surface area contributed by atoms with Crippen LogP contribution in [0.25, 0.3) is 0 Å². The molecule has 170 valence electrons. The minimum absolute atomic E-state index is 0. The number of rotatable bonds is 3. The SMILES string of the molecule is [Au+].[C-]#Cc1c(F)c(F)c(F)c(F)c1F.c1ccc(P(c2ccccc2)c2ccccc2)cc1. The predicted molar refractivity (Wildman–Crippen MR) is 118 cm³/mol. The molecule has 0 heterocycles. The monoisotopic (exact) mass is 650 g/mol. The topological polar surface area (TPSA) is 0 Å². The van der Waals surface area contributed by atoms with E-state index in [0.29, 0.717) is 0 Å². The van der Waals surface area contributed by atoms with Crippen molar-refractivity contribution in [3.63, 3.8) is 0 Å². The molecule has 0 aliphatic carbocycles. The van der Waals surface area contributed by atoms with Crippen LogP contribution in [-0.2, 0) is 22.4 Å². The van der Waals surface area contributed by atoms with Crippen LogP contribution in [0.2, 0.25) is 0 Å². The quantitative estimate of drug-likeness (QED) is 0.0504. The van der Waals surface area contributed by atoms with Crippen molar-refractivity contribution in [1.29, 1.82) is 0 Å². The maximum atomic E-state index is 12.5. The van der Waals surface area contributed by atoms with Gasteiger partial charge in [-0.2, -0.15) is 0 Å². The van der Waals surface area contributed by atoms with Gasteiger partial charge >= 0.3 is 22.4 Å². The Labute approximate surface area is 205 Å². The molecule has 0 atom stereocenters. The Morgan fingerprint density at radius 2 is 0.758 bits per heavy atom. The molecule has 33 heavy (non-hydrogen) atoms. The van der Waals surface area contributed by atoms with Crippen molar-refractivity contribution in [3.05, 3.63) is 132 Å². The molecule has 4 rings (SSSR count). The van der Waals surface area contributed by atoms with E-state index in [-0.39, 0.29) is 22.4 Å². The minimum Gasteiger partial charge on any atom is -0.366 e. The number of hydrogen-bond donors (Lipinski definition) is 0. The molecular formula is C26H15AuF5P. The Kier molecular flexibility index (Phi) is 10.0. The van der Waals surface area contributed by atoms with E-state index >= 15 is 0 Å². The Bertz CT molecular complexity index is 1100. The molecule has 7 heteroatoms. The Morgan fingerprint density at radius 1 is 0.485 bits per heavy atom. The van der Waals surface area contributed by atoms with E-state index in [0.717, 1.165) is 5.92 Å².